The molecule has 0 N–H and O–H groups in total. The Morgan fingerprint density at radius 2 is 2.10 bits per heavy atom. The molecular formula is C7H11N2O+. The minimum absolute atomic E-state index is 0.745. The molecule has 54 valence electrons. The Bertz CT molecular complexity index is 176. The Kier molecular flexibility index (Phi) is 2.67. The maximum Gasteiger partial charge on any atom is 0.240 e. The summed E-state index contributed by atoms with van der Waals surface area (Å²) in [6, 6.07) is 0. The van der Waals surface area contributed by atoms with E-state index in [0.29, 0.717) is 0 Å². The summed E-state index contributed by atoms with van der Waals surface area (Å²) in [5.41, 5.74) is 0. The van der Waals surface area contributed by atoms with Crippen LogP contribution < -0.4 is 9.57 Å². The van der Waals surface area contributed by atoms with Gasteiger partial charge in [-0.1, -0.05) is 6.92 Å². The highest BCUT2D eigenvalue weighted by Gasteiger charge is 1.94. The second kappa shape index (κ2) is 3.82. The first-order valence-electron chi connectivity index (χ1n) is 3.38. The molecule has 0 radical (unpaired) electrons. The molecule has 1 heterocycles. The molecule has 0 aromatic carbocycles. The zero-order chi connectivity index (χ0) is 7.23. The van der Waals surface area contributed by atoms with Crippen LogP contribution in [0.5, 0.6) is 0 Å². The van der Waals surface area contributed by atoms with Gasteiger partial charge in [0.1, 0.15) is 0 Å². The van der Waals surface area contributed by atoms with Crippen molar-refractivity contribution in [1.82, 2.24) is 4.98 Å². The minimum atomic E-state index is 0.745. The van der Waals surface area contributed by atoms with Crippen molar-refractivity contribution in [2.45, 2.75) is 13.3 Å². The topological polar surface area (TPSA) is 26.0 Å². The molecule has 0 bridgehead atoms. The standard InChI is InChI=1S/C7H11N2O/c1-2-7-10-9-5-3-8-4-6-9/h3-6H,2,7H2,1H3/q+1. The van der Waals surface area contributed by atoms with E-state index < -0.39 is 0 Å². The third-order valence-corrected chi connectivity index (χ3v) is 1.04. The monoisotopic (exact) mass is 139 g/mol. The van der Waals surface area contributed by atoms with E-state index in [4.69, 9.17) is 4.84 Å². The van der Waals surface area contributed by atoms with E-state index in [9.17, 15) is 0 Å². The lowest BCUT2D eigenvalue weighted by atomic mass is 10.5. The molecule has 0 unspecified atom stereocenters. The molecule has 0 aliphatic rings. The smallest absolute Gasteiger partial charge is 0.240 e. The lowest BCUT2D eigenvalue weighted by Crippen LogP contribution is -2.42. The first-order chi connectivity index (χ1) is 4.93. The summed E-state index contributed by atoms with van der Waals surface area (Å²) in [7, 11) is 0. The Balaban J connectivity index is 2.43. The van der Waals surface area contributed by atoms with Crippen LogP contribution in [0, 0.1) is 0 Å². The zero-order valence-corrected chi connectivity index (χ0v) is 6.03. The Hall–Kier alpha value is -1.12. The van der Waals surface area contributed by atoms with Crippen molar-refractivity contribution in [3.63, 3.8) is 0 Å². The number of nitrogens with zero attached hydrogens (tertiary/aromatic N) is 2. The maximum absolute atomic E-state index is 5.23. The molecule has 0 spiro atoms. The molecular weight excluding hydrogens is 128 g/mol. The average Bonchev–Trinajstić information content (AvgIpc) is 2.03. The van der Waals surface area contributed by atoms with Gasteiger partial charge < -0.3 is 0 Å². The largest absolute Gasteiger partial charge is 0.271 e. The van der Waals surface area contributed by atoms with Crippen LogP contribution in [0.4, 0.5) is 0 Å². The maximum atomic E-state index is 5.23. The first kappa shape index (κ1) is 6.99. The van der Waals surface area contributed by atoms with E-state index >= 15 is 0 Å². The van der Waals surface area contributed by atoms with Gasteiger partial charge in [-0.05, 0) is 6.42 Å². The predicted octanol–water partition coefficient (Wildman–Crippen LogP) is 0.208. The molecule has 0 aliphatic heterocycles. The lowest BCUT2D eigenvalue weighted by molar-refractivity contribution is -0.891. The van der Waals surface area contributed by atoms with Gasteiger partial charge in [0.25, 0.3) is 0 Å². The summed E-state index contributed by atoms with van der Waals surface area (Å²) >= 11 is 0. The van der Waals surface area contributed by atoms with Gasteiger partial charge in [0.2, 0.25) is 12.4 Å². The van der Waals surface area contributed by atoms with Crippen molar-refractivity contribution in [3.05, 3.63) is 24.8 Å². The number of hydrogen-bond donors (Lipinski definition) is 0. The lowest BCUT2D eigenvalue weighted by Gasteiger charge is -1.92. The van der Waals surface area contributed by atoms with E-state index in [-0.39, 0.29) is 0 Å². The van der Waals surface area contributed by atoms with E-state index in [1.165, 1.54) is 0 Å². The second-order valence-electron chi connectivity index (χ2n) is 1.94. The fourth-order valence-corrected chi connectivity index (χ4v) is 0.591. The van der Waals surface area contributed by atoms with Crippen molar-refractivity contribution >= 4 is 0 Å². The van der Waals surface area contributed by atoms with Gasteiger partial charge in [0, 0.05) is 4.73 Å². The van der Waals surface area contributed by atoms with Crippen LogP contribution in [0.1, 0.15) is 13.3 Å². The first-order valence-corrected chi connectivity index (χ1v) is 3.38. The Morgan fingerprint density at radius 3 is 2.70 bits per heavy atom. The number of hydrogen-bond acceptors (Lipinski definition) is 2. The number of aromatic nitrogens is 2. The molecule has 0 saturated carbocycles. The van der Waals surface area contributed by atoms with Crippen LogP contribution >= 0.6 is 0 Å². The van der Waals surface area contributed by atoms with Crippen LogP contribution in [0.3, 0.4) is 0 Å². The average molecular weight is 139 g/mol. The van der Waals surface area contributed by atoms with Gasteiger partial charge >= 0.3 is 0 Å². The summed E-state index contributed by atoms with van der Waals surface area (Å²) in [6.07, 6.45) is 7.95. The normalized spacial score (nSPS) is 9.30. The van der Waals surface area contributed by atoms with Gasteiger partial charge in [-0.25, -0.2) is 0 Å². The second-order valence-corrected chi connectivity index (χ2v) is 1.94. The molecule has 1 aromatic heterocycles. The van der Waals surface area contributed by atoms with Gasteiger partial charge in [0.15, 0.2) is 6.61 Å². The van der Waals surface area contributed by atoms with E-state index in [0.717, 1.165) is 13.0 Å². The zero-order valence-electron chi connectivity index (χ0n) is 6.03. The molecule has 0 atom stereocenters. The van der Waals surface area contributed by atoms with Crippen LogP contribution in [0.2, 0.25) is 0 Å². The molecule has 1 rings (SSSR count). The van der Waals surface area contributed by atoms with Gasteiger partial charge in [-0.3, -0.25) is 9.82 Å². The highest BCUT2D eigenvalue weighted by molar-refractivity contribution is 4.61. The highest BCUT2D eigenvalue weighted by Crippen LogP contribution is 1.71. The highest BCUT2D eigenvalue weighted by atomic mass is 16.7. The molecule has 3 heteroatoms. The molecule has 0 aliphatic carbocycles. The van der Waals surface area contributed by atoms with Gasteiger partial charge in [0.05, 0.1) is 12.4 Å². The summed E-state index contributed by atoms with van der Waals surface area (Å²) in [4.78, 5) is 9.08. The third kappa shape index (κ3) is 2.01. The van der Waals surface area contributed by atoms with E-state index in [1.54, 1.807) is 29.5 Å². The van der Waals surface area contributed by atoms with Crippen LogP contribution in [0.15, 0.2) is 24.8 Å². The van der Waals surface area contributed by atoms with Gasteiger partial charge in [-0.2, -0.15) is 0 Å². The molecule has 0 amide bonds. The van der Waals surface area contributed by atoms with Crippen molar-refractivity contribution in [2.24, 2.45) is 0 Å². The third-order valence-electron chi connectivity index (χ3n) is 1.04. The quantitative estimate of drug-likeness (QED) is 0.559. The molecule has 0 saturated heterocycles. The van der Waals surface area contributed by atoms with Crippen LogP contribution in [-0.2, 0) is 0 Å². The minimum Gasteiger partial charge on any atom is -0.271 e. The molecule has 10 heavy (non-hydrogen) atoms. The summed E-state index contributed by atoms with van der Waals surface area (Å²) in [5.74, 6) is 0. The van der Waals surface area contributed by atoms with Crippen molar-refractivity contribution < 1.29 is 9.57 Å². The van der Waals surface area contributed by atoms with E-state index in [1.807, 2.05) is 0 Å². The van der Waals surface area contributed by atoms with E-state index in [2.05, 4.69) is 11.9 Å². The fourth-order valence-electron chi connectivity index (χ4n) is 0.591. The number of rotatable bonds is 3. The summed E-state index contributed by atoms with van der Waals surface area (Å²) in [6.45, 7) is 2.82. The van der Waals surface area contributed by atoms with Crippen molar-refractivity contribution in [1.29, 1.82) is 0 Å². The predicted molar refractivity (Wildman–Crippen MR) is 36.2 cm³/mol. The summed E-state index contributed by atoms with van der Waals surface area (Å²) in [5, 5.41) is 0. The Morgan fingerprint density at radius 1 is 1.40 bits per heavy atom. The van der Waals surface area contributed by atoms with Crippen molar-refractivity contribution in [2.75, 3.05) is 6.61 Å². The fraction of sp³-hybridized carbons (Fsp3) is 0.429. The van der Waals surface area contributed by atoms with Gasteiger partial charge in [-0.15, -0.1) is 0 Å². The van der Waals surface area contributed by atoms with Crippen LogP contribution in [0.25, 0.3) is 0 Å². The summed E-state index contributed by atoms with van der Waals surface area (Å²) < 4.78 is 1.65. The Labute approximate surface area is 60.2 Å². The molecule has 0 fully saturated rings. The molecule has 3 nitrogen and oxygen atoms in total. The van der Waals surface area contributed by atoms with Crippen LogP contribution in [-0.4, -0.2) is 11.6 Å². The van der Waals surface area contributed by atoms with Crippen molar-refractivity contribution in [3.8, 4) is 0 Å². The molecule has 1 aromatic rings. The SMILES string of the molecule is CCCO[n+]1ccncc1.